The number of hydrogen-bond donors (Lipinski definition) is 1. The number of halogens is 4. The van der Waals surface area contributed by atoms with Crippen LogP contribution in [0.4, 0.5) is 18.9 Å². The van der Waals surface area contributed by atoms with Gasteiger partial charge >= 0.3 is 6.18 Å². The second-order valence-corrected chi connectivity index (χ2v) is 5.16. The van der Waals surface area contributed by atoms with Crippen LogP contribution in [0.5, 0.6) is 0 Å². The predicted octanol–water partition coefficient (Wildman–Crippen LogP) is 4.59. The molecule has 0 saturated carbocycles. The topological polar surface area (TPSA) is 52.9 Å². The second-order valence-electron chi connectivity index (χ2n) is 4.30. The van der Waals surface area contributed by atoms with Crippen molar-refractivity contribution in [1.29, 1.82) is 5.26 Å². The molecule has 22 heavy (non-hydrogen) atoms. The van der Waals surface area contributed by atoms with Gasteiger partial charge in [-0.25, -0.2) is 0 Å². The van der Waals surface area contributed by atoms with Gasteiger partial charge in [-0.05, 0) is 46.3 Å². The van der Waals surface area contributed by atoms with Crippen LogP contribution in [0.15, 0.2) is 46.9 Å². The summed E-state index contributed by atoms with van der Waals surface area (Å²) in [6.45, 7) is 0. The molecule has 0 bridgehead atoms. The van der Waals surface area contributed by atoms with E-state index in [1.165, 1.54) is 18.2 Å². The number of hydrogen-bond acceptors (Lipinski definition) is 2. The molecule has 0 unspecified atom stereocenters. The standard InChI is InChI=1S/C15H8BrF3N2O/c16-13-4-2-1-3-11(13)14(22)21-10-6-5-9(8-20)12(7-10)15(17,18)19/h1-7H,(H,21,22). The number of benzene rings is 2. The molecule has 0 aliphatic heterocycles. The van der Waals surface area contributed by atoms with E-state index < -0.39 is 23.2 Å². The molecule has 3 nitrogen and oxygen atoms in total. The first-order chi connectivity index (χ1) is 10.3. The van der Waals surface area contributed by atoms with E-state index in [9.17, 15) is 18.0 Å². The third kappa shape index (κ3) is 3.46. The quantitative estimate of drug-likeness (QED) is 0.842. The van der Waals surface area contributed by atoms with Gasteiger partial charge in [-0.1, -0.05) is 12.1 Å². The summed E-state index contributed by atoms with van der Waals surface area (Å²) in [7, 11) is 0. The van der Waals surface area contributed by atoms with Crippen molar-refractivity contribution in [1.82, 2.24) is 0 Å². The van der Waals surface area contributed by atoms with Gasteiger partial charge in [0.15, 0.2) is 0 Å². The maximum Gasteiger partial charge on any atom is 0.417 e. The Bertz CT molecular complexity index is 766. The number of alkyl halides is 3. The maximum atomic E-state index is 12.9. The van der Waals surface area contributed by atoms with Crippen molar-refractivity contribution in [2.75, 3.05) is 5.32 Å². The Morgan fingerprint density at radius 3 is 2.45 bits per heavy atom. The molecule has 1 N–H and O–H groups in total. The van der Waals surface area contributed by atoms with Crippen LogP contribution in [-0.4, -0.2) is 5.91 Å². The Kier molecular flexibility index (Phi) is 4.52. The first-order valence-electron chi connectivity index (χ1n) is 6.00. The van der Waals surface area contributed by atoms with Crippen molar-refractivity contribution in [3.05, 3.63) is 63.6 Å². The highest BCUT2D eigenvalue weighted by Gasteiger charge is 2.34. The minimum Gasteiger partial charge on any atom is -0.322 e. The van der Waals surface area contributed by atoms with Crippen LogP contribution < -0.4 is 5.32 Å². The van der Waals surface area contributed by atoms with Crippen LogP contribution in [0, 0.1) is 11.3 Å². The van der Waals surface area contributed by atoms with Crippen LogP contribution >= 0.6 is 15.9 Å². The molecule has 0 heterocycles. The number of rotatable bonds is 2. The third-order valence-electron chi connectivity index (χ3n) is 2.82. The van der Waals surface area contributed by atoms with Crippen LogP contribution in [-0.2, 0) is 6.18 Å². The lowest BCUT2D eigenvalue weighted by Crippen LogP contribution is -2.14. The highest BCUT2D eigenvalue weighted by molar-refractivity contribution is 9.10. The first kappa shape index (κ1) is 16.0. The van der Waals surface area contributed by atoms with Gasteiger partial charge in [-0.2, -0.15) is 18.4 Å². The number of nitrogens with one attached hydrogen (secondary N) is 1. The molecule has 0 fully saturated rings. The van der Waals surface area contributed by atoms with Crippen molar-refractivity contribution >= 4 is 27.5 Å². The highest BCUT2D eigenvalue weighted by Crippen LogP contribution is 2.33. The smallest absolute Gasteiger partial charge is 0.322 e. The molecule has 0 aliphatic carbocycles. The van der Waals surface area contributed by atoms with Crippen LogP contribution in [0.3, 0.4) is 0 Å². The minimum atomic E-state index is -4.67. The summed E-state index contributed by atoms with van der Waals surface area (Å²) in [6.07, 6.45) is -4.67. The average molecular weight is 369 g/mol. The fraction of sp³-hybridized carbons (Fsp3) is 0.0667. The molecule has 2 aromatic carbocycles. The summed E-state index contributed by atoms with van der Waals surface area (Å²) >= 11 is 3.20. The van der Waals surface area contributed by atoms with E-state index in [1.807, 2.05) is 0 Å². The summed E-state index contributed by atoms with van der Waals surface area (Å²) in [5.74, 6) is -0.551. The number of carbonyl (C=O) groups is 1. The van der Waals surface area contributed by atoms with Crippen LogP contribution in [0.1, 0.15) is 21.5 Å². The fourth-order valence-corrected chi connectivity index (χ4v) is 2.26. The zero-order valence-electron chi connectivity index (χ0n) is 10.9. The molecule has 0 saturated heterocycles. The summed E-state index contributed by atoms with van der Waals surface area (Å²) in [5, 5.41) is 11.1. The zero-order valence-corrected chi connectivity index (χ0v) is 12.5. The van der Waals surface area contributed by atoms with Gasteiger partial charge in [0.2, 0.25) is 0 Å². The van der Waals surface area contributed by atoms with E-state index in [2.05, 4.69) is 21.2 Å². The van der Waals surface area contributed by atoms with Crippen LogP contribution in [0.2, 0.25) is 0 Å². The van der Waals surface area contributed by atoms with Gasteiger partial charge in [0.25, 0.3) is 5.91 Å². The molecule has 2 aromatic rings. The molecular weight excluding hydrogens is 361 g/mol. The van der Waals surface area contributed by atoms with Gasteiger partial charge in [-0.3, -0.25) is 4.79 Å². The summed E-state index contributed by atoms with van der Waals surface area (Å²) in [5.41, 5.74) is -1.32. The Morgan fingerprint density at radius 1 is 1.18 bits per heavy atom. The molecule has 1 amide bonds. The summed E-state index contributed by atoms with van der Waals surface area (Å²) in [6, 6.07) is 11.0. The Balaban J connectivity index is 2.34. The molecule has 0 aliphatic rings. The summed E-state index contributed by atoms with van der Waals surface area (Å²) < 4.78 is 39.1. The van der Waals surface area contributed by atoms with Crippen molar-refractivity contribution in [3.63, 3.8) is 0 Å². The lowest BCUT2D eigenvalue weighted by Gasteiger charge is -2.12. The summed E-state index contributed by atoms with van der Waals surface area (Å²) in [4.78, 5) is 12.1. The second kappa shape index (κ2) is 6.20. The van der Waals surface area contributed by atoms with Gasteiger partial charge in [0, 0.05) is 10.2 Å². The lowest BCUT2D eigenvalue weighted by atomic mass is 10.1. The number of anilines is 1. The van der Waals surface area contributed by atoms with Gasteiger partial charge in [0.05, 0.1) is 22.8 Å². The first-order valence-corrected chi connectivity index (χ1v) is 6.79. The normalized spacial score (nSPS) is 10.9. The highest BCUT2D eigenvalue weighted by atomic mass is 79.9. The molecule has 7 heteroatoms. The van der Waals surface area contributed by atoms with E-state index in [4.69, 9.17) is 5.26 Å². The molecule has 112 valence electrons. The molecule has 2 rings (SSSR count). The van der Waals surface area contributed by atoms with E-state index in [0.29, 0.717) is 10.0 Å². The number of nitrogens with zero attached hydrogens (tertiary/aromatic N) is 1. The maximum absolute atomic E-state index is 12.9. The van der Waals surface area contributed by atoms with Crippen molar-refractivity contribution in [2.24, 2.45) is 0 Å². The minimum absolute atomic E-state index is 0.0351. The van der Waals surface area contributed by atoms with Crippen molar-refractivity contribution in [3.8, 4) is 6.07 Å². The Labute approximate surface area is 132 Å². The lowest BCUT2D eigenvalue weighted by molar-refractivity contribution is -0.137. The van der Waals surface area contributed by atoms with Gasteiger partial charge in [-0.15, -0.1) is 0 Å². The molecule has 0 atom stereocenters. The van der Waals surface area contributed by atoms with E-state index in [1.54, 1.807) is 18.2 Å². The van der Waals surface area contributed by atoms with Gasteiger partial charge in [0.1, 0.15) is 0 Å². The van der Waals surface area contributed by atoms with Crippen molar-refractivity contribution in [2.45, 2.75) is 6.18 Å². The monoisotopic (exact) mass is 368 g/mol. The van der Waals surface area contributed by atoms with E-state index in [0.717, 1.165) is 12.1 Å². The molecule has 0 radical (unpaired) electrons. The third-order valence-corrected chi connectivity index (χ3v) is 3.51. The largest absolute Gasteiger partial charge is 0.417 e. The van der Waals surface area contributed by atoms with E-state index in [-0.39, 0.29) is 5.69 Å². The number of carbonyl (C=O) groups excluding carboxylic acids is 1. The molecule has 0 spiro atoms. The van der Waals surface area contributed by atoms with Crippen LogP contribution in [0.25, 0.3) is 0 Å². The van der Waals surface area contributed by atoms with Crippen molar-refractivity contribution < 1.29 is 18.0 Å². The Morgan fingerprint density at radius 2 is 1.86 bits per heavy atom. The number of amides is 1. The fourth-order valence-electron chi connectivity index (χ4n) is 1.80. The van der Waals surface area contributed by atoms with E-state index >= 15 is 0 Å². The average Bonchev–Trinajstić information content (AvgIpc) is 2.46. The van der Waals surface area contributed by atoms with Gasteiger partial charge < -0.3 is 5.32 Å². The SMILES string of the molecule is N#Cc1ccc(NC(=O)c2ccccc2Br)cc1C(F)(F)F. The number of nitriles is 1. The predicted molar refractivity (Wildman–Crippen MR) is 78.3 cm³/mol. The zero-order chi connectivity index (χ0) is 16.3. The molecule has 0 aromatic heterocycles. The molecular formula is C15H8BrF3N2O. The Hall–Kier alpha value is -2.33.